The van der Waals surface area contributed by atoms with Crippen LogP contribution in [0.5, 0.6) is 0 Å². The number of benzene rings is 2. The molecule has 2 aromatic carbocycles. The molecule has 9 nitrogen and oxygen atoms in total. The van der Waals surface area contributed by atoms with Gasteiger partial charge in [0, 0.05) is 17.3 Å². The van der Waals surface area contributed by atoms with Crippen molar-refractivity contribution in [3.63, 3.8) is 0 Å². The number of anilines is 2. The summed E-state index contributed by atoms with van der Waals surface area (Å²) in [5.74, 6) is -2.02. The Morgan fingerprint density at radius 3 is 2.38 bits per heavy atom. The maximum Gasteiger partial charge on any atom is 0.340 e. The predicted octanol–water partition coefficient (Wildman–Crippen LogP) is 1.94. The molecule has 0 spiro atoms. The third kappa shape index (κ3) is 4.57. The van der Waals surface area contributed by atoms with E-state index in [-0.39, 0.29) is 35.2 Å². The maximum atomic E-state index is 12.8. The van der Waals surface area contributed by atoms with Gasteiger partial charge in [0.15, 0.2) is 6.61 Å². The number of aromatic nitrogens is 2. The summed E-state index contributed by atoms with van der Waals surface area (Å²) in [6.45, 7) is 0.927. The second-order valence-electron chi connectivity index (χ2n) is 6.89. The summed E-state index contributed by atoms with van der Waals surface area (Å²) in [4.78, 5) is 50.7. The van der Waals surface area contributed by atoms with Gasteiger partial charge in [0.2, 0.25) is 5.78 Å². The van der Waals surface area contributed by atoms with E-state index in [1.165, 1.54) is 18.2 Å². The highest BCUT2D eigenvalue weighted by Gasteiger charge is 2.24. The summed E-state index contributed by atoms with van der Waals surface area (Å²) in [5.41, 5.74) is 10.8. The lowest BCUT2D eigenvalue weighted by Gasteiger charge is -2.16. The molecule has 0 amide bonds. The van der Waals surface area contributed by atoms with E-state index in [1.54, 1.807) is 31.2 Å². The van der Waals surface area contributed by atoms with Gasteiger partial charge in [-0.05, 0) is 30.7 Å². The standard InChI is InChI=1S/C22H21ClN4O5/c1-2-26-20(29)18(19(25)27(22(26)31)11-13-6-4-3-5-7-13)17(28)12-32-21(30)15-10-14(23)8-9-16(15)24/h3-10H,2,11-12,24-25H2,1H3. The molecule has 0 atom stereocenters. The van der Waals surface area contributed by atoms with E-state index in [0.717, 1.165) is 14.7 Å². The molecular formula is C22H21ClN4O5. The maximum absolute atomic E-state index is 12.8. The zero-order valence-corrected chi connectivity index (χ0v) is 18.0. The predicted molar refractivity (Wildman–Crippen MR) is 121 cm³/mol. The highest BCUT2D eigenvalue weighted by Crippen LogP contribution is 2.19. The Labute approximate surface area is 187 Å². The fraction of sp³-hybridized carbons (Fsp3) is 0.182. The number of ketones is 1. The Morgan fingerprint density at radius 2 is 1.72 bits per heavy atom. The third-order valence-electron chi connectivity index (χ3n) is 4.82. The summed E-state index contributed by atoms with van der Waals surface area (Å²) in [6.07, 6.45) is 0. The molecule has 1 aromatic heterocycles. The fourth-order valence-electron chi connectivity index (χ4n) is 3.16. The molecule has 0 saturated heterocycles. The van der Waals surface area contributed by atoms with Crippen LogP contribution in [0.25, 0.3) is 0 Å². The van der Waals surface area contributed by atoms with Gasteiger partial charge >= 0.3 is 11.7 Å². The van der Waals surface area contributed by atoms with Crippen LogP contribution in [-0.2, 0) is 17.8 Å². The molecule has 3 rings (SSSR count). The van der Waals surface area contributed by atoms with Gasteiger partial charge in [-0.2, -0.15) is 0 Å². The second-order valence-corrected chi connectivity index (χ2v) is 7.33. The molecular weight excluding hydrogens is 436 g/mol. The minimum Gasteiger partial charge on any atom is -0.454 e. The molecule has 3 aromatic rings. The van der Waals surface area contributed by atoms with Crippen molar-refractivity contribution < 1.29 is 14.3 Å². The number of esters is 1. The van der Waals surface area contributed by atoms with Gasteiger partial charge in [-0.15, -0.1) is 0 Å². The van der Waals surface area contributed by atoms with Gasteiger partial charge in [-0.25, -0.2) is 9.59 Å². The van der Waals surface area contributed by atoms with Crippen LogP contribution in [0.2, 0.25) is 5.02 Å². The lowest BCUT2D eigenvalue weighted by atomic mass is 10.1. The van der Waals surface area contributed by atoms with Crippen LogP contribution in [0, 0.1) is 0 Å². The number of hydrogen-bond acceptors (Lipinski definition) is 7. The molecule has 0 aliphatic rings. The SMILES string of the molecule is CCn1c(=O)c(C(=O)COC(=O)c2cc(Cl)ccc2N)c(N)n(Cc2ccccc2)c1=O. The molecule has 0 radical (unpaired) electrons. The monoisotopic (exact) mass is 456 g/mol. The number of carbonyl (C=O) groups is 2. The zero-order chi connectivity index (χ0) is 23.4. The summed E-state index contributed by atoms with van der Waals surface area (Å²) < 4.78 is 7.08. The van der Waals surface area contributed by atoms with Crippen LogP contribution in [-0.4, -0.2) is 27.5 Å². The summed E-state index contributed by atoms with van der Waals surface area (Å²) in [5, 5.41) is 0.264. The van der Waals surface area contributed by atoms with Crippen molar-refractivity contribution in [2.45, 2.75) is 20.0 Å². The van der Waals surface area contributed by atoms with Crippen LogP contribution < -0.4 is 22.7 Å². The first-order valence-corrected chi connectivity index (χ1v) is 10.0. The van der Waals surface area contributed by atoms with Crippen molar-refractivity contribution in [2.75, 3.05) is 18.1 Å². The van der Waals surface area contributed by atoms with E-state index in [0.29, 0.717) is 0 Å². The Morgan fingerprint density at radius 1 is 1.03 bits per heavy atom. The van der Waals surface area contributed by atoms with Gasteiger partial charge in [0.1, 0.15) is 11.4 Å². The molecule has 0 bridgehead atoms. The number of ether oxygens (including phenoxy) is 1. The lowest BCUT2D eigenvalue weighted by Crippen LogP contribution is -2.44. The number of Topliss-reactive ketones (excluding diaryl/α,β-unsaturated/α-hetero) is 1. The summed E-state index contributed by atoms with van der Waals surface area (Å²) in [6, 6.07) is 13.2. The van der Waals surface area contributed by atoms with Gasteiger partial charge in [0.05, 0.1) is 12.1 Å². The van der Waals surface area contributed by atoms with Crippen LogP contribution in [0.3, 0.4) is 0 Å². The number of nitrogens with two attached hydrogens (primary N) is 2. The lowest BCUT2D eigenvalue weighted by molar-refractivity contribution is 0.0475. The van der Waals surface area contributed by atoms with Crippen molar-refractivity contribution in [3.8, 4) is 0 Å². The third-order valence-corrected chi connectivity index (χ3v) is 5.05. The molecule has 0 aliphatic heterocycles. The molecule has 10 heteroatoms. The van der Waals surface area contributed by atoms with E-state index in [1.807, 2.05) is 6.07 Å². The van der Waals surface area contributed by atoms with E-state index in [9.17, 15) is 19.2 Å². The molecule has 1 heterocycles. The number of carbonyl (C=O) groups excluding carboxylic acids is 2. The number of hydrogen-bond donors (Lipinski definition) is 2. The van der Waals surface area contributed by atoms with E-state index in [2.05, 4.69) is 0 Å². The number of nitrogen functional groups attached to an aromatic ring is 2. The second kappa shape index (κ2) is 9.52. The van der Waals surface area contributed by atoms with E-state index < -0.39 is 35.2 Å². The van der Waals surface area contributed by atoms with Gasteiger partial charge in [0.25, 0.3) is 5.56 Å². The highest BCUT2D eigenvalue weighted by atomic mass is 35.5. The normalized spacial score (nSPS) is 10.7. The molecule has 32 heavy (non-hydrogen) atoms. The quantitative estimate of drug-likeness (QED) is 0.314. The molecule has 0 unspecified atom stereocenters. The molecule has 0 aliphatic carbocycles. The molecule has 166 valence electrons. The summed E-state index contributed by atoms with van der Waals surface area (Å²) in [7, 11) is 0. The van der Waals surface area contributed by atoms with Crippen LogP contribution in [0.15, 0.2) is 58.1 Å². The number of rotatable bonds is 7. The first-order valence-electron chi connectivity index (χ1n) is 9.67. The molecule has 4 N–H and O–H groups in total. The Bertz CT molecular complexity index is 1300. The average Bonchev–Trinajstić information content (AvgIpc) is 2.77. The Hall–Kier alpha value is -3.85. The van der Waals surface area contributed by atoms with Crippen LogP contribution >= 0.6 is 11.6 Å². The van der Waals surface area contributed by atoms with Crippen molar-refractivity contribution in [1.82, 2.24) is 9.13 Å². The van der Waals surface area contributed by atoms with Crippen molar-refractivity contribution in [2.24, 2.45) is 0 Å². The van der Waals surface area contributed by atoms with E-state index >= 15 is 0 Å². The Balaban J connectivity index is 1.94. The number of nitrogens with zero attached hydrogens (tertiary/aromatic N) is 2. The largest absolute Gasteiger partial charge is 0.454 e. The first-order chi connectivity index (χ1) is 15.2. The minimum absolute atomic E-state index is 0.0155. The molecule has 0 saturated carbocycles. The summed E-state index contributed by atoms with van der Waals surface area (Å²) >= 11 is 5.87. The molecule has 0 fully saturated rings. The topological polar surface area (TPSA) is 139 Å². The van der Waals surface area contributed by atoms with Gasteiger partial charge in [-0.3, -0.25) is 18.7 Å². The van der Waals surface area contributed by atoms with Crippen LogP contribution in [0.1, 0.15) is 33.2 Å². The van der Waals surface area contributed by atoms with Gasteiger partial charge in [-0.1, -0.05) is 41.9 Å². The zero-order valence-electron chi connectivity index (χ0n) is 17.2. The first kappa shape index (κ1) is 22.8. The Kier molecular flexibility index (Phi) is 6.79. The fourth-order valence-corrected chi connectivity index (χ4v) is 3.33. The smallest absolute Gasteiger partial charge is 0.340 e. The van der Waals surface area contributed by atoms with Crippen molar-refractivity contribution >= 4 is 34.9 Å². The van der Waals surface area contributed by atoms with Crippen LogP contribution in [0.4, 0.5) is 11.5 Å². The van der Waals surface area contributed by atoms with Crippen molar-refractivity contribution in [1.29, 1.82) is 0 Å². The van der Waals surface area contributed by atoms with Crippen molar-refractivity contribution in [3.05, 3.63) is 91.1 Å². The van der Waals surface area contributed by atoms with E-state index in [4.69, 9.17) is 27.8 Å². The number of halogens is 1. The average molecular weight is 457 g/mol. The highest BCUT2D eigenvalue weighted by molar-refractivity contribution is 6.31. The minimum atomic E-state index is -0.884. The van der Waals surface area contributed by atoms with Gasteiger partial charge < -0.3 is 16.2 Å².